The number of hydrogen-bond acceptors (Lipinski definition) is 4. The first kappa shape index (κ1) is 18.5. The minimum atomic E-state index is -0.571. The molecule has 2 aromatic carbocycles. The van der Waals surface area contributed by atoms with E-state index in [1.807, 2.05) is 43.5 Å². The van der Waals surface area contributed by atoms with Crippen LogP contribution in [0.5, 0.6) is 5.75 Å². The third-order valence-corrected chi connectivity index (χ3v) is 4.92. The summed E-state index contributed by atoms with van der Waals surface area (Å²) < 4.78 is 32.3. The standard InChI is InChI=1S/C20H20F2N2OS/c1-3-25-17-7-4-14(5-8-17)20-24-16(12-26-20)11-23-13(2)18-9-6-15(21)10-19(18)22/h4-10,12-13,23H,3,11H2,1-2H3. The van der Waals surface area contributed by atoms with Gasteiger partial charge < -0.3 is 10.1 Å². The fraction of sp³-hybridized carbons (Fsp3) is 0.250. The molecule has 0 amide bonds. The van der Waals surface area contributed by atoms with E-state index in [1.54, 1.807) is 11.3 Å². The van der Waals surface area contributed by atoms with E-state index in [0.717, 1.165) is 28.1 Å². The Kier molecular flexibility index (Phi) is 5.96. The summed E-state index contributed by atoms with van der Waals surface area (Å²) in [7, 11) is 0. The van der Waals surface area contributed by atoms with Crippen LogP contribution in [-0.4, -0.2) is 11.6 Å². The number of nitrogens with zero attached hydrogens (tertiary/aromatic N) is 1. The molecule has 1 atom stereocenters. The Morgan fingerprint density at radius 2 is 1.92 bits per heavy atom. The lowest BCUT2D eigenvalue weighted by atomic mass is 10.1. The molecule has 1 heterocycles. The molecule has 0 aliphatic rings. The molecule has 1 unspecified atom stereocenters. The van der Waals surface area contributed by atoms with Crippen LogP contribution in [0.4, 0.5) is 8.78 Å². The molecule has 3 rings (SSSR count). The maximum Gasteiger partial charge on any atom is 0.130 e. The Hall–Kier alpha value is -2.31. The summed E-state index contributed by atoms with van der Waals surface area (Å²) in [6, 6.07) is 11.2. The molecule has 136 valence electrons. The number of ether oxygens (including phenoxy) is 1. The molecule has 6 heteroatoms. The Morgan fingerprint density at radius 3 is 2.62 bits per heavy atom. The van der Waals surface area contributed by atoms with Gasteiger partial charge in [-0.3, -0.25) is 0 Å². The lowest BCUT2D eigenvalue weighted by molar-refractivity contribution is 0.340. The van der Waals surface area contributed by atoms with Crippen molar-refractivity contribution in [3.63, 3.8) is 0 Å². The van der Waals surface area contributed by atoms with Crippen molar-refractivity contribution in [3.8, 4) is 16.3 Å². The van der Waals surface area contributed by atoms with E-state index >= 15 is 0 Å². The minimum absolute atomic E-state index is 0.244. The van der Waals surface area contributed by atoms with Gasteiger partial charge in [-0.15, -0.1) is 11.3 Å². The van der Waals surface area contributed by atoms with E-state index in [1.165, 1.54) is 12.1 Å². The van der Waals surface area contributed by atoms with Gasteiger partial charge in [0.05, 0.1) is 12.3 Å². The molecule has 26 heavy (non-hydrogen) atoms. The summed E-state index contributed by atoms with van der Waals surface area (Å²) in [5.74, 6) is -0.277. The molecule has 0 aliphatic carbocycles. The minimum Gasteiger partial charge on any atom is -0.494 e. The van der Waals surface area contributed by atoms with Gasteiger partial charge in [0.1, 0.15) is 22.4 Å². The zero-order valence-corrected chi connectivity index (χ0v) is 15.4. The monoisotopic (exact) mass is 374 g/mol. The van der Waals surface area contributed by atoms with Crippen molar-refractivity contribution in [3.05, 3.63) is 70.7 Å². The second kappa shape index (κ2) is 8.38. The summed E-state index contributed by atoms with van der Waals surface area (Å²) in [4.78, 5) is 4.62. The van der Waals surface area contributed by atoms with Crippen LogP contribution in [0.1, 0.15) is 31.1 Å². The van der Waals surface area contributed by atoms with Crippen molar-refractivity contribution >= 4 is 11.3 Å². The maximum absolute atomic E-state index is 13.8. The lowest BCUT2D eigenvalue weighted by Gasteiger charge is -2.14. The van der Waals surface area contributed by atoms with Gasteiger partial charge in [0, 0.05) is 35.2 Å². The average Bonchev–Trinajstić information content (AvgIpc) is 3.10. The van der Waals surface area contributed by atoms with E-state index in [2.05, 4.69) is 10.3 Å². The van der Waals surface area contributed by atoms with Crippen molar-refractivity contribution in [2.24, 2.45) is 0 Å². The van der Waals surface area contributed by atoms with Crippen LogP contribution >= 0.6 is 11.3 Å². The van der Waals surface area contributed by atoms with Gasteiger partial charge in [0.25, 0.3) is 0 Å². The fourth-order valence-electron chi connectivity index (χ4n) is 2.60. The number of thiazole rings is 1. The predicted molar refractivity (Wildman–Crippen MR) is 100 cm³/mol. The van der Waals surface area contributed by atoms with E-state index < -0.39 is 11.6 Å². The van der Waals surface area contributed by atoms with E-state index in [9.17, 15) is 8.78 Å². The summed E-state index contributed by atoms with van der Waals surface area (Å²) in [5, 5.41) is 6.13. The van der Waals surface area contributed by atoms with Gasteiger partial charge in [-0.1, -0.05) is 6.07 Å². The first-order valence-corrected chi connectivity index (χ1v) is 9.30. The van der Waals surface area contributed by atoms with Crippen LogP contribution < -0.4 is 10.1 Å². The lowest BCUT2D eigenvalue weighted by Crippen LogP contribution is -2.19. The number of nitrogens with one attached hydrogen (secondary N) is 1. The summed E-state index contributed by atoms with van der Waals surface area (Å²) in [5.41, 5.74) is 2.35. The van der Waals surface area contributed by atoms with E-state index in [-0.39, 0.29) is 6.04 Å². The van der Waals surface area contributed by atoms with Crippen LogP contribution in [-0.2, 0) is 6.54 Å². The average molecular weight is 374 g/mol. The molecule has 0 spiro atoms. The molecule has 1 N–H and O–H groups in total. The molecule has 0 bridgehead atoms. The zero-order chi connectivity index (χ0) is 18.5. The topological polar surface area (TPSA) is 34.1 Å². The Bertz CT molecular complexity index is 865. The quantitative estimate of drug-likeness (QED) is 0.606. The highest BCUT2D eigenvalue weighted by Crippen LogP contribution is 2.26. The van der Waals surface area contributed by atoms with E-state index in [4.69, 9.17) is 4.74 Å². The van der Waals surface area contributed by atoms with Crippen LogP contribution in [0.3, 0.4) is 0 Å². The van der Waals surface area contributed by atoms with Crippen LogP contribution in [0, 0.1) is 11.6 Å². The highest BCUT2D eigenvalue weighted by atomic mass is 32.1. The molecule has 0 fully saturated rings. The predicted octanol–water partition coefficient (Wildman–Crippen LogP) is 5.34. The summed E-state index contributed by atoms with van der Waals surface area (Å²) >= 11 is 1.56. The summed E-state index contributed by atoms with van der Waals surface area (Å²) in [6.45, 7) is 4.94. The number of rotatable bonds is 7. The SMILES string of the molecule is CCOc1ccc(-c2nc(CNC(C)c3ccc(F)cc3F)cs2)cc1. The van der Waals surface area contributed by atoms with Crippen molar-refractivity contribution in [2.75, 3.05) is 6.61 Å². The highest BCUT2D eigenvalue weighted by molar-refractivity contribution is 7.13. The van der Waals surface area contributed by atoms with Gasteiger partial charge in [-0.05, 0) is 44.2 Å². The van der Waals surface area contributed by atoms with Gasteiger partial charge in [-0.2, -0.15) is 0 Å². The Labute approximate surface area is 155 Å². The molecule has 0 saturated heterocycles. The first-order chi connectivity index (χ1) is 12.6. The van der Waals surface area contributed by atoms with Crippen molar-refractivity contribution in [1.29, 1.82) is 0 Å². The van der Waals surface area contributed by atoms with Crippen LogP contribution in [0.2, 0.25) is 0 Å². The summed E-state index contributed by atoms with van der Waals surface area (Å²) in [6.07, 6.45) is 0. The molecule has 1 aromatic heterocycles. The van der Waals surface area contributed by atoms with Gasteiger partial charge >= 0.3 is 0 Å². The number of halogens is 2. The maximum atomic E-state index is 13.8. The second-order valence-electron chi connectivity index (χ2n) is 5.87. The Balaban J connectivity index is 1.63. The van der Waals surface area contributed by atoms with Crippen LogP contribution in [0.15, 0.2) is 47.8 Å². The van der Waals surface area contributed by atoms with Crippen LogP contribution in [0.25, 0.3) is 10.6 Å². The smallest absolute Gasteiger partial charge is 0.130 e. The number of benzene rings is 2. The van der Waals surface area contributed by atoms with Gasteiger partial charge in [-0.25, -0.2) is 13.8 Å². The van der Waals surface area contributed by atoms with E-state index in [0.29, 0.717) is 18.7 Å². The molecule has 0 radical (unpaired) electrons. The highest BCUT2D eigenvalue weighted by Gasteiger charge is 2.12. The molecular weight excluding hydrogens is 354 g/mol. The van der Waals surface area contributed by atoms with Gasteiger partial charge in [0.15, 0.2) is 0 Å². The third-order valence-electron chi connectivity index (χ3n) is 3.98. The molecular formula is C20H20F2N2OS. The number of aromatic nitrogens is 1. The zero-order valence-electron chi connectivity index (χ0n) is 14.6. The van der Waals surface area contributed by atoms with Crippen molar-refractivity contribution in [1.82, 2.24) is 10.3 Å². The molecule has 0 aliphatic heterocycles. The number of hydrogen-bond donors (Lipinski definition) is 1. The second-order valence-corrected chi connectivity index (χ2v) is 6.73. The third kappa shape index (κ3) is 4.45. The largest absolute Gasteiger partial charge is 0.494 e. The van der Waals surface area contributed by atoms with Crippen molar-refractivity contribution in [2.45, 2.75) is 26.4 Å². The molecule has 0 saturated carbocycles. The fourth-order valence-corrected chi connectivity index (χ4v) is 3.43. The molecule has 3 nitrogen and oxygen atoms in total. The first-order valence-electron chi connectivity index (χ1n) is 8.42. The Morgan fingerprint density at radius 1 is 1.15 bits per heavy atom. The van der Waals surface area contributed by atoms with Crippen molar-refractivity contribution < 1.29 is 13.5 Å². The molecule has 3 aromatic rings. The van der Waals surface area contributed by atoms with Gasteiger partial charge in [0.2, 0.25) is 0 Å². The normalized spacial score (nSPS) is 12.2.